The fourth-order valence-electron chi connectivity index (χ4n) is 3.05. The van der Waals surface area contributed by atoms with E-state index in [1.807, 2.05) is 0 Å². The zero-order valence-corrected chi connectivity index (χ0v) is 11.9. The van der Waals surface area contributed by atoms with Gasteiger partial charge in [0.2, 0.25) is 0 Å². The Balaban J connectivity index is 2.71. The molecule has 0 radical (unpaired) electrons. The van der Waals surface area contributed by atoms with Crippen LogP contribution in [0.25, 0.3) is 0 Å². The molecule has 1 aliphatic heterocycles. The number of halogens is 2. The van der Waals surface area contributed by atoms with Crippen molar-refractivity contribution >= 4 is 0 Å². The molecule has 1 rings (SSSR count). The summed E-state index contributed by atoms with van der Waals surface area (Å²) in [7, 11) is 1.80. The topological polar surface area (TPSA) is 6.48 Å². The summed E-state index contributed by atoms with van der Waals surface area (Å²) in [5.41, 5.74) is 0.170. The molecule has 0 aliphatic carbocycles. The SMILES string of the molecule is CN(CC(F)F)C1CN(C(C)(C)C)C(C)(C)C1. The summed E-state index contributed by atoms with van der Waals surface area (Å²) in [6.07, 6.45) is -1.29. The van der Waals surface area contributed by atoms with Crippen LogP contribution in [-0.4, -0.2) is 53.5 Å². The normalized spacial score (nSPS) is 26.1. The maximum Gasteiger partial charge on any atom is 0.251 e. The lowest BCUT2D eigenvalue weighted by Crippen LogP contribution is -2.50. The summed E-state index contributed by atoms with van der Waals surface area (Å²) in [6, 6.07) is 0.234. The Morgan fingerprint density at radius 1 is 1.35 bits per heavy atom. The minimum Gasteiger partial charge on any atom is -0.296 e. The van der Waals surface area contributed by atoms with Crippen molar-refractivity contribution in [3.63, 3.8) is 0 Å². The van der Waals surface area contributed by atoms with Crippen molar-refractivity contribution in [3.05, 3.63) is 0 Å². The van der Waals surface area contributed by atoms with Gasteiger partial charge in [-0.1, -0.05) is 0 Å². The molecule has 17 heavy (non-hydrogen) atoms. The molecule has 4 heteroatoms. The third-order valence-corrected chi connectivity index (χ3v) is 3.72. The van der Waals surface area contributed by atoms with Gasteiger partial charge in [-0.2, -0.15) is 0 Å². The van der Waals surface area contributed by atoms with E-state index in [-0.39, 0.29) is 23.7 Å². The second kappa shape index (κ2) is 4.81. The number of hydrogen-bond donors (Lipinski definition) is 0. The standard InChI is InChI=1S/C13H26F2N2/c1-12(2,3)17-8-10(7-13(17,4)5)16(6)9-11(14)15/h10-11H,7-9H2,1-6H3. The summed E-state index contributed by atoms with van der Waals surface area (Å²) < 4.78 is 24.8. The van der Waals surface area contributed by atoms with E-state index in [9.17, 15) is 8.78 Å². The molecule has 0 aromatic rings. The van der Waals surface area contributed by atoms with Crippen LogP contribution < -0.4 is 0 Å². The molecule has 1 atom stereocenters. The molecule has 1 fully saturated rings. The van der Waals surface area contributed by atoms with Gasteiger partial charge in [-0.3, -0.25) is 9.80 Å². The molecule has 0 N–H and O–H groups in total. The zero-order chi connectivity index (χ0) is 13.4. The molecule has 0 saturated carbocycles. The van der Waals surface area contributed by atoms with Gasteiger partial charge in [0.15, 0.2) is 0 Å². The maximum atomic E-state index is 12.4. The van der Waals surface area contributed by atoms with Crippen LogP contribution in [0.4, 0.5) is 8.78 Å². The molecule has 0 spiro atoms. The van der Waals surface area contributed by atoms with Crippen molar-refractivity contribution in [2.45, 2.75) is 64.6 Å². The molecule has 0 aromatic heterocycles. The van der Waals surface area contributed by atoms with Crippen molar-refractivity contribution in [1.29, 1.82) is 0 Å². The highest BCUT2D eigenvalue weighted by atomic mass is 19.3. The predicted molar refractivity (Wildman–Crippen MR) is 67.6 cm³/mol. The summed E-state index contributed by atoms with van der Waals surface area (Å²) in [4.78, 5) is 4.23. The number of alkyl halides is 2. The number of rotatable bonds is 3. The number of likely N-dealkylation sites (N-methyl/N-ethyl adjacent to an activating group) is 1. The number of likely N-dealkylation sites (tertiary alicyclic amines) is 1. The summed E-state index contributed by atoms with van der Waals surface area (Å²) in [5, 5.41) is 0. The van der Waals surface area contributed by atoms with Crippen LogP contribution in [0.1, 0.15) is 41.0 Å². The van der Waals surface area contributed by atoms with Crippen molar-refractivity contribution in [2.75, 3.05) is 20.1 Å². The predicted octanol–water partition coefficient (Wildman–Crippen LogP) is 2.83. The second-order valence-corrected chi connectivity index (χ2v) is 6.78. The molecule has 2 nitrogen and oxygen atoms in total. The first-order chi connectivity index (χ1) is 7.54. The fourth-order valence-corrected chi connectivity index (χ4v) is 3.05. The molecule has 1 saturated heterocycles. The average molecular weight is 248 g/mol. The van der Waals surface area contributed by atoms with E-state index >= 15 is 0 Å². The van der Waals surface area contributed by atoms with E-state index < -0.39 is 6.43 Å². The average Bonchev–Trinajstić information content (AvgIpc) is 2.39. The van der Waals surface area contributed by atoms with Crippen molar-refractivity contribution in [1.82, 2.24) is 9.80 Å². The van der Waals surface area contributed by atoms with Crippen molar-refractivity contribution < 1.29 is 8.78 Å². The smallest absolute Gasteiger partial charge is 0.251 e. The maximum absolute atomic E-state index is 12.4. The molecule has 1 heterocycles. The molecule has 1 unspecified atom stereocenters. The first-order valence-corrected chi connectivity index (χ1v) is 6.30. The summed E-state index contributed by atoms with van der Waals surface area (Å²) in [6.45, 7) is 11.7. The lowest BCUT2D eigenvalue weighted by atomic mass is 9.95. The van der Waals surface area contributed by atoms with Gasteiger partial charge < -0.3 is 0 Å². The van der Waals surface area contributed by atoms with E-state index in [1.165, 1.54) is 0 Å². The van der Waals surface area contributed by atoms with Crippen LogP contribution in [-0.2, 0) is 0 Å². The molecular formula is C13H26F2N2. The Morgan fingerprint density at radius 3 is 2.24 bits per heavy atom. The van der Waals surface area contributed by atoms with Gasteiger partial charge in [-0.25, -0.2) is 8.78 Å². The van der Waals surface area contributed by atoms with E-state index in [1.54, 1.807) is 11.9 Å². The van der Waals surface area contributed by atoms with Crippen LogP contribution in [0.3, 0.4) is 0 Å². The third-order valence-electron chi connectivity index (χ3n) is 3.72. The van der Waals surface area contributed by atoms with E-state index in [0.717, 1.165) is 13.0 Å². The third kappa shape index (κ3) is 3.62. The number of nitrogens with zero attached hydrogens (tertiary/aromatic N) is 2. The Labute approximate surface area is 104 Å². The Bertz CT molecular complexity index is 259. The van der Waals surface area contributed by atoms with Crippen LogP contribution in [0.5, 0.6) is 0 Å². The molecule has 0 aromatic carbocycles. The van der Waals surface area contributed by atoms with Crippen LogP contribution >= 0.6 is 0 Å². The monoisotopic (exact) mass is 248 g/mol. The first kappa shape index (κ1) is 14.8. The largest absolute Gasteiger partial charge is 0.296 e. The molecule has 0 bridgehead atoms. The van der Waals surface area contributed by atoms with Crippen LogP contribution in [0, 0.1) is 0 Å². The van der Waals surface area contributed by atoms with Gasteiger partial charge in [0.25, 0.3) is 6.43 Å². The van der Waals surface area contributed by atoms with E-state index in [2.05, 4.69) is 39.5 Å². The molecule has 0 amide bonds. The van der Waals surface area contributed by atoms with Crippen LogP contribution in [0.15, 0.2) is 0 Å². The van der Waals surface area contributed by atoms with E-state index in [0.29, 0.717) is 0 Å². The Kier molecular flexibility index (Phi) is 4.20. The van der Waals surface area contributed by atoms with E-state index in [4.69, 9.17) is 0 Å². The second-order valence-electron chi connectivity index (χ2n) is 6.78. The van der Waals surface area contributed by atoms with Gasteiger partial charge in [-0.05, 0) is 48.1 Å². The van der Waals surface area contributed by atoms with Gasteiger partial charge in [0.05, 0.1) is 6.54 Å². The highest BCUT2D eigenvalue weighted by Crippen LogP contribution is 2.36. The molecule has 102 valence electrons. The Morgan fingerprint density at radius 2 is 1.88 bits per heavy atom. The van der Waals surface area contributed by atoms with Crippen LogP contribution in [0.2, 0.25) is 0 Å². The number of hydrogen-bond acceptors (Lipinski definition) is 2. The quantitative estimate of drug-likeness (QED) is 0.758. The van der Waals surface area contributed by atoms with Crippen molar-refractivity contribution in [3.8, 4) is 0 Å². The Hall–Kier alpha value is -0.220. The lowest BCUT2D eigenvalue weighted by molar-refractivity contribution is 0.0609. The summed E-state index contributed by atoms with van der Waals surface area (Å²) >= 11 is 0. The fraction of sp³-hybridized carbons (Fsp3) is 1.00. The zero-order valence-electron chi connectivity index (χ0n) is 11.9. The molecule has 1 aliphatic rings. The molecular weight excluding hydrogens is 222 g/mol. The van der Waals surface area contributed by atoms with Gasteiger partial charge in [0.1, 0.15) is 0 Å². The minimum absolute atomic E-state index is 0.0826. The minimum atomic E-state index is -2.24. The first-order valence-electron chi connectivity index (χ1n) is 6.30. The van der Waals surface area contributed by atoms with Gasteiger partial charge in [0, 0.05) is 23.7 Å². The highest BCUT2D eigenvalue weighted by Gasteiger charge is 2.44. The highest BCUT2D eigenvalue weighted by molar-refractivity contribution is 5.01. The van der Waals surface area contributed by atoms with Crippen molar-refractivity contribution in [2.24, 2.45) is 0 Å². The lowest BCUT2D eigenvalue weighted by Gasteiger charge is -2.42. The summed E-state index contributed by atoms with van der Waals surface area (Å²) in [5.74, 6) is 0. The van der Waals surface area contributed by atoms with Gasteiger partial charge >= 0.3 is 0 Å². The van der Waals surface area contributed by atoms with Gasteiger partial charge in [-0.15, -0.1) is 0 Å².